The molecule has 26 heavy (non-hydrogen) atoms. The minimum atomic E-state index is -0.765. The summed E-state index contributed by atoms with van der Waals surface area (Å²) < 4.78 is 10.2. The Bertz CT molecular complexity index is 1100. The Morgan fingerprint density at radius 2 is 2.27 bits per heavy atom. The average Bonchev–Trinajstić information content (AvgIpc) is 2.60. The lowest BCUT2D eigenvalue weighted by Gasteiger charge is -2.05. The summed E-state index contributed by atoms with van der Waals surface area (Å²) in [6, 6.07) is 5.22. The molecular formula is C21H15NO4. The van der Waals surface area contributed by atoms with Crippen LogP contribution in [0.1, 0.15) is 36.5 Å². The molecule has 0 saturated carbocycles. The fourth-order valence-electron chi connectivity index (χ4n) is 2.56. The predicted molar refractivity (Wildman–Crippen MR) is 98.8 cm³/mol. The van der Waals surface area contributed by atoms with Crippen LogP contribution in [0.25, 0.3) is 28.0 Å². The molecule has 0 radical (unpaired) electrons. The summed E-state index contributed by atoms with van der Waals surface area (Å²) in [5, 5.41) is 0.690. The van der Waals surface area contributed by atoms with Crippen molar-refractivity contribution in [1.82, 2.24) is 0 Å². The highest BCUT2D eigenvalue weighted by Crippen LogP contribution is 2.23. The van der Waals surface area contributed by atoms with Crippen molar-refractivity contribution in [3.63, 3.8) is 0 Å². The van der Waals surface area contributed by atoms with Gasteiger partial charge in [-0.3, -0.25) is 4.79 Å². The molecule has 0 bridgehead atoms. The Hall–Kier alpha value is -3.57. The van der Waals surface area contributed by atoms with Crippen molar-refractivity contribution in [2.45, 2.75) is 19.8 Å². The van der Waals surface area contributed by atoms with Gasteiger partial charge in [-0.2, -0.15) is 0 Å². The molecule has 0 fully saturated rings. The molecule has 2 aromatic rings. The first-order valence-electron chi connectivity index (χ1n) is 8.16. The average molecular weight is 345 g/mol. The summed E-state index contributed by atoms with van der Waals surface area (Å²) in [6.45, 7) is 8.92. The molecule has 1 aromatic heterocycles. The first kappa shape index (κ1) is 17.3. The van der Waals surface area contributed by atoms with Crippen LogP contribution in [0.4, 0.5) is 0 Å². The number of carbonyl (C=O) groups is 1. The molecule has 0 aliphatic heterocycles. The van der Waals surface area contributed by atoms with Gasteiger partial charge in [0.2, 0.25) is 0 Å². The van der Waals surface area contributed by atoms with Gasteiger partial charge in [-0.15, -0.1) is 0 Å². The van der Waals surface area contributed by atoms with Crippen molar-refractivity contribution in [3.05, 3.63) is 68.5 Å². The molecule has 0 spiro atoms. The molecule has 1 aliphatic rings. The zero-order valence-corrected chi connectivity index (χ0v) is 14.2. The number of fused-ring (bicyclic) bond motifs is 2. The Morgan fingerprint density at radius 3 is 3.04 bits per heavy atom. The highest BCUT2D eigenvalue weighted by molar-refractivity contribution is 5.96. The second-order valence-corrected chi connectivity index (χ2v) is 5.57. The van der Waals surface area contributed by atoms with E-state index in [4.69, 9.17) is 15.7 Å². The van der Waals surface area contributed by atoms with Crippen LogP contribution in [-0.4, -0.2) is 12.6 Å². The van der Waals surface area contributed by atoms with Gasteiger partial charge >= 0.3 is 11.6 Å². The third-order valence-electron chi connectivity index (χ3n) is 3.79. The Morgan fingerprint density at radius 1 is 1.42 bits per heavy atom. The Labute approximate surface area is 150 Å². The zero-order valence-electron chi connectivity index (χ0n) is 14.2. The van der Waals surface area contributed by atoms with Crippen molar-refractivity contribution < 1.29 is 13.9 Å². The summed E-state index contributed by atoms with van der Waals surface area (Å²) in [4.78, 5) is 27.1. The maximum atomic E-state index is 12.2. The molecule has 5 heteroatoms. The van der Waals surface area contributed by atoms with Gasteiger partial charge in [-0.25, -0.2) is 9.64 Å². The highest BCUT2D eigenvalue weighted by atomic mass is 16.5. The summed E-state index contributed by atoms with van der Waals surface area (Å²) >= 11 is 0. The van der Waals surface area contributed by atoms with E-state index in [1.165, 1.54) is 6.08 Å². The van der Waals surface area contributed by atoms with E-state index in [2.05, 4.69) is 22.8 Å². The minimum Gasteiger partial charge on any atom is -0.471 e. The Kier molecular flexibility index (Phi) is 5.01. The van der Waals surface area contributed by atoms with E-state index >= 15 is 0 Å². The standard InChI is InChI=1S/C21H15NO4/c1-3-25-21(24)18(22-2)12-17-11-16-10-14-8-6-4-5-7-9-15(14)13-19(16)26-20(17)23/h6,8,10-13H,3-5H2,1H3/b8-6-,18-12?. The van der Waals surface area contributed by atoms with Crippen LogP contribution in [0.15, 0.2) is 39.2 Å². The van der Waals surface area contributed by atoms with Gasteiger partial charge in [0.15, 0.2) is 0 Å². The number of carbonyl (C=O) groups excluding carboxylic acids is 1. The largest absolute Gasteiger partial charge is 0.471 e. The molecule has 3 rings (SSSR count). The lowest BCUT2D eigenvalue weighted by atomic mass is 10.0. The molecule has 0 saturated heterocycles. The van der Waals surface area contributed by atoms with Crippen LogP contribution in [0, 0.1) is 18.4 Å². The zero-order chi connectivity index (χ0) is 18.5. The number of hydrogen-bond donors (Lipinski definition) is 0. The van der Waals surface area contributed by atoms with Crippen molar-refractivity contribution in [1.29, 1.82) is 0 Å². The van der Waals surface area contributed by atoms with E-state index in [0.29, 0.717) is 11.0 Å². The molecule has 5 nitrogen and oxygen atoms in total. The number of benzene rings is 1. The summed E-state index contributed by atoms with van der Waals surface area (Å²) in [5.74, 6) is 5.40. The molecule has 0 N–H and O–H groups in total. The predicted octanol–water partition coefficient (Wildman–Crippen LogP) is 3.77. The molecule has 0 unspecified atom stereocenters. The number of rotatable bonds is 3. The van der Waals surface area contributed by atoms with Crippen LogP contribution >= 0.6 is 0 Å². The third kappa shape index (κ3) is 3.58. The van der Waals surface area contributed by atoms with Gasteiger partial charge in [0, 0.05) is 17.4 Å². The molecule has 1 aliphatic carbocycles. The van der Waals surface area contributed by atoms with Crippen molar-refractivity contribution in [3.8, 4) is 11.8 Å². The van der Waals surface area contributed by atoms with Gasteiger partial charge in [0.05, 0.1) is 18.7 Å². The molecule has 0 amide bonds. The lowest BCUT2D eigenvalue weighted by Crippen LogP contribution is -2.08. The van der Waals surface area contributed by atoms with Gasteiger partial charge in [-0.05, 0) is 43.2 Å². The second kappa shape index (κ2) is 7.55. The monoisotopic (exact) mass is 345 g/mol. The minimum absolute atomic E-state index is 0.123. The van der Waals surface area contributed by atoms with Crippen molar-refractivity contribution in [2.75, 3.05) is 6.61 Å². The van der Waals surface area contributed by atoms with Crippen LogP contribution in [-0.2, 0) is 9.53 Å². The quantitative estimate of drug-likeness (QED) is 0.279. The smallest absolute Gasteiger partial charge is 0.342 e. The van der Waals surface area contributed by atoms with Gasteiger partial charge in [0.25, 0.3) is 5.70 Å². The third-order valence-corrected chi connectivity index (χ3v) is 3.79. The normalized spacial score (nSPS) is 14.2. The first-order chi connectivity index (χ1) is 12.6. The number of ether oxygens (including phenoxy) is 1. The number of esters is 1. The number of allylic oxidation sites excluding steroid dienone is 1. The van der Waals surface area contributed by atoms with Crippen LogP contribution < -0.4 is 5.63 Å². The van der Waals surface area contributed by atoms with E-state index in [-0.39, 0.29) is 17.9 Å². The maximum Gasteiger partial charge on any atom is 0.342 e. The summed E-state index contributed by atoms with van der Waals surface area (Å²) in [5.41, 5.74) is 1.37. The van der Waals surface area contributed by atoms with E-state index < -0.39 is 11.6 Å². The fraction of sp³-hybridized carbons (Fsp3) is 0.190. The second-order valence-electron chi connectivity index (χ2n) is 5.57. The van der Waals surface area contributed by atoms with Crippen LogP contribution in [0.3, 0.4) is 0 Å². The van der Waals surface area contributed by atoms with Gasteiger partial charge in [0.1, 0.15) is 5.58 Å². The number of nitrogens with zero attached hydrogens (tertiary/aromatic N) is 1. The highest BCUT2D eigenvalue weighted by Gasteiger charge is 2.13. The van der Waals surface area contributed by atoms with E-state index in [1.54, 1.807) is 19.1 Å². The maximum absolute atomic E-state index is 12.2. The van der Waals surface area contributed by atoms with E-state index in [9.17, 15) is 9.59 Å². The SMILES string of the molecule is [C-]#[N+]C(=Cc1cc2cc3c(cc2oc1=O)C#CCC/C=C\3)C(=O)OCC. The first-order valence-corrected chi connectivity index (χ1v) is 8.16. The topological polar surface area (TPSA) is 60.9 Å². The summed E-state index contributed by atoms with van der Waals surface area (Å²) in [6.07, 6.45) is 6.91. The molecular weight excluding hydrogens is 330 g/mol. The molecule has 1 heterocycles. The Balaban J connectivity index is 2.14. The molecule has 128 valence electrons. The fourth-order valence-corrected chi connectivity index (χ4v) is 2.56. The van der Waals surface area contributed by atoms with E-state index in [1.807, 2.05) is 12.1 Å². The molecule has 1 aromatic carbocycles. The van der Waals surface area contributed by atoms with Crippen molar-refractivity contribution >= 4 is 29.1 Å². The van der Waals surface area contributed by atoms with E-state index in [0.717, 1.165) is 24.0 Å². The molecule has 0 atom stereocenters. The summed E-state index contributed by atoms with van der Waals surface area (Å²) in [7, 11) is 0. The van der Waals surface area contributed by atoms with Crippen LogP contribution in [0.5, 0.6) is 0 Å². The number of hydrogen-bond acceptors (Lipinski definition) is 4. The van der Waals surface area contributed by atoms with Crippen LogP contribution in [0.2, 0.25) is 0 Å². The lowest BCUT2D eigenvalue weighted by molar-refractivity contribution is -0.138. The van der Waals surface area contributed by atoms with Gasteiger partial charge in [-0.1, -0.05) is 24.0 Å². The van der Waals surface area contributed by atoms with Crippen molar-refractivity contribution in [2.24, 2.45) is 0 Å². The van der Waals surface area contributed by atoms with Gasteiger partial charge < -0.3 is 9.15 Å².